The van der Waals surface area contributed by atoms with Crippen LogP contribution in [0.3, 0.4) is 0 Å². The minimum absolute atomic E-state index is 0. The molecule has 3 N–H and O–H groups in total. The van der Waals surface area contributed by atoms with E-state index < -0.39 is 23.5 Å². The van der Waals surface area contributed by atoms with Crippen LogP contribution in [0.4, 0.5) is 0 Å². The molecule has 0 saturated carbocycles. The molecule has 0 amide bonds. The molecule has 0 atom stereocenters. The zero-order chi connectivity index (χ0) is 9.62. The van der Waals surface area contributed by atoms with Crippen LogP contribution in [0.1, 0.15) is 0 Å². The molecule has 0 aromatic carbocycles. The molecule has 1 saturated heterocycles. The molecule has 13 heteroatoms. The number of phosphoric acid groups is 3. The van der Waals surface area contributed by atoms with Gasteiger partial charge in [0.2, 0.25) is 0 Å². The summed E-state index contributed by atoms with van der Waals surface area (Å²) in [4.78, 5) is 25.2. The smallest absolute Gasteiger partial charge is 0.302 e. The first-order valence-corrected chi connectivity index (χ1v) is 6.73. The van der Waals surface area contributed by atoms with Gasteiger partial charge in [-0.1, -0.05) is 0 Å². The molecule has 0 spiro atoms. The van der Waals surface area contributed by atoms with Crippen molar-refractivity contribution >= 4 is 53.0 Å². The van der Waals surface area contributed by atoms with Gasteiger partial charge < -0.3 is 14.7 Å². The monoisotopic (exact) mass is 263 g/mol. The van der Waals surface area contributed by atoms with Crippen LogP contribution in [0, 0.1) is 0 Å². The topological polar surface area (TPSA) is 140 Å². The average molecular weight is 263 g/mol. The van der Waals surface area contributed by atoms with E-state index in [-0.39, 0.29) is 29.6 Å². The van der Waals surface area contributed by atoms with E-state index in [1.165, 1.54) is 0 Å². The van der Waals surface area contributed by atoms with Crippen LogP contribution in [0.25, 0.3) is 0 Å². The molecule has 0 aliphatic carbocycles. The van der Waals surface area contributed by atoms with E-state index in [2.05, 4.69) is 12.9 Å². The zero-order valence-corrected chi connectivity index (χ0v) is 10.8. The van der Waals surface area contributed by atoms with Crippen molar-refractivity contribution in [2.75, 3.05) is 0 Å². The van der Waals surface area contributed by atoms with Crippen molar-refractivity contribution in [2.45, 2.75) is 0 Å². The molecular weight excluding hydrogens is 260 g/mol. The second-order valence-corrected chi connectivity index (χ2v) is 6.42. The molecular formula is H3NaO9P3. The Labute approximate surface area is 94.2 Å². The van der Waals surface area contributed by atoms with Gasteiger partial charge in [0.15, 0.2) is 0 Å². The number of hydrogen-bond donors (Lipinski definition) is 3. The Kier molecular flexibility index (Phi) is 4.60. The van der Waals surface area contributed by atoms with Crippen molar-refractivity contribution in [3.05, 3.63) is 0 Å². The summed E-state index contributed by atoms with van der Waals surface area (Å²) in [7, 11) is -14.9. The summed E-state index contributed by atoms with van der Waals surface area (Å²) < 4.78 is 41.6. The van der Waals surface area contributed by atoms with Crippen molar-refractivity contribution < 1.29 is 41.3 Å². The third-order valence-electron chi connectivity index (χ3n) is 0.619. The Hall–Kier alpha value is 1.45. The first kappa shape index (κ1) is 14.5. The molecule has 0 aromatic heterocycles. The molecule has 9 nitrogen and oxygen atoms in total. The summed E-state index contributed by atoms with van der Waals surface area (Å²) in [5.41, 5.74) is 0. The van der Waals surface area contributed by atoms with Crippen LogP contribution in [-0.2, 0) is 26.6 Å². The Morgan fingerprint density at radius 2 is 0.846 bits per heavy atom. The Morgan fingerprint density at radius 1 is 0.692 bits per heavy atom. The SMILES string of the molecule is O=P1(O)OP(=O)(O)OP(=O)(O)O1.[Na]. The summed E-state index contributed by atoms with van der Waals surface area (Å²) in [5.74, 6) is 0. The van der Waals surface area contributed by atoms with Gasteiger partial charge in [0, 0.05) is 29.6 Å². The average Bonchev–Trinajstić information content (AvgIpc) is 1.44. The Morgan fingerprint density at radius 3 is 1.00 bits per heavy atom. The molecule has 1 fully saturated rings. The van der Waals surface area contributed by atoms with Crippen LogP contribution in [0.15, 0.2) is 0 Å². The predicted octanol–water partition coefficient (Wildman–Crippen LogP) is -0.0298. The number of rotatable bonds is 0. The summed E-state index contributed by atoms with van der Waals surface area (Å²) in [6.45, 7) is 0. The van der Waals surface area contributed by atoms with Gasteiger partial charge in [-0.3, -0.25) is 0 Å². The van der Waals surface area contributed by atoms with Gasteiger partial charge in [0.05, 0.1) is 0 Å². The van der Waals surface area contributed by atoms with E-state index in [9.17, 15) is 13.7 Å². The van der Waals surface area contributed by atoms with Gasteiger partial charge >= 0.3 is 23.5 Å². The second kappa shape index (κ2) is 4.14. The van der Waals surface area contributed by atoms with Gasteiger partial charge in [-0.15, -0.1) is 0 Å². The quantitative estimate of drug-likeness (QED) is 0.405. The van der Waals surface area contributed by atoms with E-state index in [1.807, 2.05) is 0 Å². The Bertz CT molecular complexity index is 259. The first-order chi connectivity index (χ1) is 5.12. The van der Waals surface area contributed by atoms with Crippen molar-refractivity contribution in [3.63, 3.8) is 0 Å². The van der Waals surface area contributed by atoms with Crippen molar-refractivity contribution in [3.8, 4) is 0 Å². The van der Waals surface area contributed by atoms with Crippen molar-refractivity contribution in [1.82, 2.24) is 0 Å². The van der Waals surface area contributed by atoms with Crippen LogP contribution in [0.2, 0.25) is 0 Å². The minimum atomic E-state index is -4.98. The van der Waals surface area contributed by atoms with E-state index >= 15 is 0 Å². The van der Waals surface area contributed by atoms with E-state index in [0.717, 1.165) is 0 Å². The second-order valence-electron chi connectivity index (χ2n) is 1.65. The Balaban J connectivity index is 0.00000144. The van der Waals surface area contributed by atoms with Gasteiger partial charge in [-0.05, 0) is 0 Å². The van der Waals surface area contributed by atoms with E-state index in [0.29, 0.717) is 0 Å². The fourth-order valence-electron chi connectivity index (χ4n) is 0.436. The molecule has 0 bridgehead atoms. The maximum atomic E-state index is 10.4. The zero-order valence-electron chi connectivity index (χ0n) is 6.13. The molecule has 13 heavy (non-hydrogen) atoms. The molecule has 73 valence electrons. The summed E-state index contributed by atoms with van der Waals surface area (Å²) >= 11 is 0. The largest absolute Gasteiger partial charge is 0.490 e. The molecule has 0 unspecified atom stereocenters. The van der Waals surface area contributed by atoms with Gasteiger partial charge in [-0.2, -0.15) is 12.9 Å². The molecule has 1 radical (unpaired) electrons. The van der Waals surface area contributed by atoms with Crippen LogP contribution >= 0.6 is 23.5 Å². The fraction of sp³-hybridized carbons (Fsp3) is 0. The van der Waals surface area contributed by atoms with Crippen LogP contribution in [-0.4, -0.2) is 44.2 Å². The standard InChI is InChI=1S/Na.H3O9P3/c;1-10(2)7-11(3,4)9-12(5,6)8-10/h;(H,1,2)(H,3,4)(H,5,6). The minimum Gasteiger partial charge on any atom is -0.302 e. The van der Waals surface area contributed by atoms with Gasteiger partial charge in [-0.25, -0.2) is 13.7 Å². The maximum absolute atomic E-state index is 10.4. The van der Waals surface area contributed by atoms with E-state index in [1.54, 1.807) is 0 Å². The molecule has 1 aliphatic rings. The molecule has 1 aliphatic heterocycles. The summed E-state index contributed by atoms with van der Waals surface area (Å²) in [6.07, 6.45) is 0. The molecule has 1 rings (SSSR count). The normalized spacial score (nSPS) is 51.0. The summed E-state index contributed by atoms with van der Waals surface area (Å²) in [5, 5.41) is 0. The maximum Gasteiger partial charge on any atom is 0.490 e. The third kappa shape index (κ3) is 4.66. The van der Waals surface area contributed by atoms with Crippen LogP contribution in [0.5, 0.6) is 0 Å². The molecule has 1 heterocycles. The van der Waals surface area contributed by atoms with Crippen molar-refractivity contribution in [2.24, 2.45) is 0 Å². The first-order valence-electron chi connectivity index (χ1n) is 2.24. The number of hydrogen-bond acceptors (Lipinski definition) is 6. The van der Waals surface area contributed by atoms with Crippen LogP contribution < -0.4 is 0 Å². The van der Waals surface area contributed by atoms with Crippen molar-refractivity contribution in [1.29, 1.82) is 0 Å². The molecule has 0 aromatic rings. The predicted molar refractivity (Wildman–Crippen MR) is 38.5 cm³/mol. The van der Waals surface area contributed by atoms with Gasteiger partial charge in [0.25, 0.3) is 0 Å². The summed E-state index contributed by atoms with van der Waals surface area (Å²) in [6, 6.07) is 0. The fourth-order valence-corrected chi connectivity index (χ4v) is 4.73. The van der Waals surface area contributed by atoms with E-state index in [4.69, 9.17) is 14.7 Å². The third-order valence-corrected chi connectivity index (χ3v) is 5.57. The van der Waals surface area contributed by atoms with Gasteiger partial charge in [0.1, 0.15) is 0 Å².